The first-order valence-electron chi connectivity index (χ1n) is 14.7. The summed E-state index contributed by atoms with van der Waals surface area (Å²) in [7, 11) is 1.58. The van der Waals surface area contributed by atoms with Crippen LogP contribution >= 0.6 is 0 Å². The predicted octanol–water partition coefficient (Wildman–Crippen LogP) is 3.90. The molecule has 1 aromatic rings. The van der Waals surface area contributed by atoms with Crippen molar-refractivity contribution in [1.29, 1.82) is 0 Å². The molecule has 2 amide bonds. The molecule has 0 saturated carbocycles. The summed E-state index contributed by atoms with van der Waals surface area (Å²) in [6, 6.07) is 6.26. The van der Waals surface area contributed by atoms with Crippen LogP contribution in [-0.2, 0) is 23.9 Å². The van der Waals surface area contributed by atoms with Gasteiger partial charge >= 0.3 is 5.97 Å². The zero-order valence-electron chi connectivity index (χ0n) is 24.5. The number of fused-ring (bicyclic) bond motifs is 1. The second-order valence-corrected chi connectivity index (χ2v) is 11.6. The number of unbranched alkanes of at least 4 members (excludes halogenated alkanes) is 3. The number of aliphatic hydroxyl groups excluding tert-OH is 1. The van der Waals surface area contributed by atoms with Crippen LogP contribution in [-0.4, -0.2) is 78.4 Å². The fourth-order valence-electron chi connectivity index (χ4n) is 7.04. The fourth-order valence-corrected chi connectivity index (χ4v) is 7.04. The Morgan fingerprint density at radius 2 is 1.90 bits per heavy atom. The third kappa shape index (κ3) is 5.42. The van der Waals surface area contributed by atoms with Gasteiger partial charge in [0.05, 0.1) is 25.2 Å². The first kappa shape index (κ1) is 30.8. The van der Waals surface area contributed by atoms with Crippen molar-refractivity contribution in [3.63, 3.8) is 0 Å². The number of hydrogen-bond donors (Lipinski definition) is 1. The van der Waals surface area contributed by atoms with E-state index >= 15 is 0 Å². The molecular weight excluding hydrogens is 524 g/mol. The van der Waals surface area contributed by atoms with Crippen LogP contribution in [0.15, 0.2) is 49.6 Å². The van der Waals surface area contributed by atoms with E-state index < -0.39 is 35.0 Å². The average Bonchev–Trinajstić information content (AvgIpc) is 3.48. The molecule has 0 aromatic heterocycles. The van der Waals surface area contributed by atoms with Crippen LogP contribution in [0.1, 0.15) is 52.4 Å². The molecule has 6 atom stereocenters. The third-order valence-electron chi connectivity index (χ3n) is 9.12. The molecule has 3 fully saturated rings. The molecule has 3 aliphatic heterocycles. The Morgan fingerprint density at radius 3 is 2.54 bits per heavy atom. The van der Waals surface area contributed by atoms with Crippen LogP contribution in [0.2, 0.25) is 0 Å². The topological polar surface area (TPSA) is 106 Å². The van der Waals surface area contributed by atoms with Gasteiger partial charge in [0.15, 0.2) is 0 Å². The summed E-state index contributed by atoms with van der Waals surface area (Å²) in [5.74, 6) is -2.01. The number of allylic oxidation sites excluding steroid dienone is 1. The molecule has 3 saturated heterocycles. The summed E-state index contributed by atoms with van der Waals surface area (Å²) in [6.07, 6.45) is 7.20. The number of carbonyl (C=O) groups excluding carboxylic acids is 3. The monoisotopic (exact) mass is 568 g/mol. The van der Waals surface area contributed by atoms with Gasteiger partial charge in [0, 0.05) is 25.4 Å². The highest BCUT2D eigenvalue weighted by Crippen LogP contribution is 2.65. The number of anilines is 1. The lowest BCUT2D eigenvalue weighted by atomic mass is 9.62. The van der Waals surface area contributed by atoms with Crippen molar-refractivity contribution in [3.8, 4) is 5.75 Å². The zero-order valence-corrected chi connectivity index (χ0v) is 24.5. The Labute approximate surface area is 243 Å². The van der Waals surface area contributed by atoms with Crippen molar-refractivity contribution < 1.29 is 33.7 Å². The highest BCUT2D eigenvalue weighted by atomic mass is 16.6. The Hall–Kier alpha value is -3.17. The molecule has 9 nitrogen and oxygen atoms in total. The predicted molar refractivity (Wildman–Crippen MR) is 155 cm³/mol. The van der Waals surface area contributed by atoms with Gasteiger partial charge in [-0.3, -0.25) is 14.4 Å². The summed E-state index contributed by atoms with van der Waals surface area (Å²) in [6.45, 7) is 12.3. The maximum atomic E-state index is 14.6. The number of benzene rings is 1. The van der Waals surface area contributed by atoms with Crippen LogP contribution in [0.4, 0.5) is 5.69 Å². The van der Waals surface area contributed by atoms with Gasteiger partial charge in [-0.15, -0.1) is 13.2 Å². The number of likely N-dealkylation sites (tertiary alicyclic amines) is 1. The van der Waals surface area contributed by atoms with E-state index in [0.717, 1.165) is 6.42 Å². The Morgan fingerprint density at radius 1 is 1.17 bits per heavy atom. The van der Waals surface area contributed by atoms with E-state index in [1.165, 1.54) is 0 Å². The molecule has 224 valence electrons. The Kier molecular flexibility index (Phi) is 9.59. The van der Waals surface area contributed by atoms with E-state index in [1.54, 1.807) is 53.3 Å². The lowest BCUT2D eigenvalue weighted by molar-refractivity contribution is -0.161. The first-order valence-corrected chi connectivity index (χ1v) is 14.7. The molecule has 3 aliphatic rings. The van der Waals surface area contributed by atoms with Crippen LogP contribution in [0.5, 0.6) is 5.75 Å². The highest BCUT2D eigenvalue weighted by molar-refractivity contribution is 6.04. The smallest absolute Gasteiger partial charge is 0.312 e. The van der Waals surface area contributed by atoms with E-state index in [0.29, 0.717) is 50.1 Å². The van der Waals surface area contributed by atoms with Crippen molar-refractivity contribution in [2.75, 3.05) is 38.3 Å². The number of carbonyl (C=O) groups is 3. The Balaban J connectivity index is 1.73. The molecule has 2 bridgehead atoms. The number of amides is 2. The standard InChI is InChI=1S/C32H44N2O7/c1-6-8-12-20-40-30(38)26-25-28(36)34(18-10-9-11-19-35)27(32(25)21-22(3)31(26,4)41-32)29(37)33(17-7-2)23-13-15-24(39-5)16-14-23/h6-7,13-16,22,25-27,35H,1-2,8-12,17-21H2,3-5H3/t22?,25-,26+,27?,31-,32?/m0/s1. The minimum atomic E-state index is -1.16. The number of hydrogen-bond acceptors (Lipinski definition) is 7. The van der Waals surface area contributed by atoms with Gasteiger partial charge in [-0.2, -0.15) is 0 Å². The molecule has 0 aliphatic carbocycles. The van der Waals surface area contributed by atoms with E-state index in [2.05, 4.69) is 13.2 Å². The molecular formula is C32H44N2O7. The number of methoxy groups -OCH3 is 1. The molecule has 3 unspecified atom stereocenters. The van der Waals surface area contributed by atoms with Crippen molar-refractivity contribution >= 4 is 23.5 Å². The maximum absolute atomic E-state index is 14.6. The minimum absolute atomic E-state index is 0.0617. The number of aliphatic hydroxyl groups is 1. The average molecular weight is 569 g/mol. The van der Waals surface area contributed by atoms with Gasteiger partial charge in [0.2, 0.25) is 5.91 Å². The van der Waals surface area contributed by atoms with Gasteiger partial charge < -0.3 is 29.1 Å². The quantitative estimate of drug-likeness (QED) is 0.194. The van der Waals surface area contributed by atoms with E-state index in [9.17, 15) is 19.5 Å². The molecule has 41 heavy (non-hydrogen) atoms. The van der Waals surface area contributed by atoms with Gasteiger partial charge in [0.25, 0.3) is 5.91 Å². The lowest BCUT2D eigenvalue weighted by Gasteiger charge is -2.37. The molecule has 4 rings (SSSR count). The number of nitrogens with zero attached hydrogens (tertiary/aromatic N) is 2. The molecule has 0 radical (unpaired) electrons. The maximum Gasteiger partial charge on any atom is 0.312 e. The normalized spacial score (nSPS) is 29.8. The van der Waals surface area contributed by atoms with Gasteiger partial charge in [0.1, 0.15) is 23.3 Å². The zero-order chi connectivity index (χ0) is 29.8. The van der Waals surface area contributed by atoms with Crippen molar-refractivity contribution in [2.24, 2.45) is 17.8 Å². The van der Waals surface area contributed by atoms with E-state index in [1.807, 2.05) is 13.8 Å². The summed E-state index contributed by atoms with van der Waals surface area (Å²) in [4.78, 5) is 45.7. The summed E-state index contributed by atoms with van der Waals surface area (Å²) >= 11 is 0. The summed E-state index contributed by atoms with van der Waals surface area (Å²) < 4.78 is 17.8. The van der Waals surface area contributed by atoms with Crippen molar-refractivity contribution in [3.05, 3.63) is 49.6 Å². The van der Waals surface area contributed by atoms with Gasteiger partial charge in [-0.1, -0.05) is 19.1 Å². The SMILES string of the molecule is C=CCCCOC(=O)[C@H]1[C@H]2C(=O)N(CCCCCO)C(C(=O)N(CC=C)c3ccc(OC)cc3)C23CC(C)[C@]1(C)O3. The molecule has 1 spiro atoms. The van der Waals surface area contributed by atoms with Gasteiger partial charge in [-0.05, 0) is 75.6 Å². The van der Waals surface area contributed by atoms with Crippen LogP contribution in [0.3, 0.4) is 0 Å². The van der Waals surface area contributed by atoms with Crippen molar-refractivity contribution in [2.45, 2.75) is 69.6 Å². The number of ether oxygens (including phenoxy) is 3. The van der Waals surface area contributed by atoms with Crippen LogP contribution < -0.4 is 9.64 Å². The second kappa shape index (κ2) is 12.8. The third-order valence-corrected chi connectivity index (χ3v) is 9.12. The number of esters is 1. The van der Waals surface area contributed by atoms with Gasteiger partial charge in [-0.25, -0.2) is 0 Å². The minimum Gasteiger partial charge on any atom is -0.497 e. The summed E-state index contributed by atoms with van der Waals surface area (Å²) in [5, 5.41) is 9.28. The lowest BCUT2D eigenvalue weighted by Crippen LogP contribution is -2.57. The fraction of sp³-hybridized carbons (Fsp3) is 0.594. The van der Waals surface area contributed by atoms with E-state index in [-0.39, 0.29) is 37.5 Å². The van der Waals surface area contributed by atoms with Crippen LogP contribution in [0.25, 0.3) is 0 Å². The molecule has 9 heteroatoms. The van der Waals surface area contributed by atoms with Crippen LogP contribution in [0, 0.1) is 17.8 Å². The molecule has 3 heterocycles. The number of rotatable bonds is 15. The van der Waals surface area contributed by atoms with E-state index in [4.69, 9.17) is 14.2 Å². The highest BCUT2D eigenvalue weighted by Gasteiger charge is 2.80. The second-order valence-electron chi connectivity index (χ2n) is 11.6. The molecule has 1 aromatic carbocycles. The Bertz CT molecular complexity index is 1140. The molecule has 1 N–H and O–H groups in total. The first-order chi connectivity index (χ1) is 19.7. The van der Waals surface area contributed by atoms with Crippen molar-refractivity contribution in [1.82, 2.24) is 4.90 Å². The largest absolute Gasteiger partial charge is 0.497 e. The summed E-state index contributed by atoms with van der Waals surface area (Å²) in [5.41, 5.74) is -1.44.